The monoisotopic (exact) mass is 265 g/mol. The number of amides is 1. The zero-order valence-electron chi connectivity index (χ0n) is 10.8. The van der Waals surface area contributed by atoms with E-state index in [-0.39, 0.29) is 17.9 Å². The van der Waals surface area contributed by atoms with Crippen LogP contribution in [0.2, 0.25) is 0 Å². The second-order valence-electron chi connectivity index (χ2n) is 3.67. The van der Waals surface area contributed by atoms with Gasteiger partial charge in [0.2, 0.25) is 0 Å². The molecule has 1 aromatic heterocycles. The third-order valence-corrected chi connectivity index (χ3v) is 2.37. The Bertz CT molecular complexity index is 529. The molecule has 0 spiro atoms. The molecule has 0 saturated heterocycles. The van der Waals surface area contributed by atoms with Crippen LogP contribution in [0.4, 0.5) is 5.69 Å². The van der Waals surface area contributed by atoms with Crippen LogP contribution >= 0.6 is 0 Å². The molecule has 0 radical (unpaired) electrons. The number of aryl methyl sites for hydroxylation is 2. The summed E-state index contributed by atoms with van der Waals surface area (Å²) in [6.07, 6.45) is 0. The van der Waals surface area contributed by atoms with E-state index in [1.807, 2.05) is 6.92 Å². The third kappa shape index (κ3) is 3.45. The lowest BCUT2D eigenvalue weighted by Crippen LogP contribution is -2.29. The van der Waals surface area contributed by atoms with Gasteiger partial charge in [-0.3, -0.25) is 9.48 Å². The normalized spacial score (nSPS) is 9.74. The van der Waals surface area contributed by atoms with Crippen molar-refractivity contribution in [3.63, 3.8) is 0 Å². The fraction of sp³-hybridized carbons (Fsp3) is 0.455. The number of nitrogens with two attached hydrogens (primary N) is 1. The van der Waals surface area contributed by atoms with Crippen LogP contribution in [0.3, 0.4) is 0 Å². The molecule has 102 valence electrons. The standard InChI is InChI=1S/C11H15N5O3/c1-3-16-10(9(13)7(2)15-16)11(18)19-6-8(17)14-5-4-12/h3,5-6,13H2,1-2H3,(H,14,17). The van der Waals surface area contributed by atoms with E-state index in [1.165, 1.54) is 4.68 Å². The van der Waals surface area contributed by atoms with E-state index in [2.05, 4.69) is 10.4 Å². The van der Waals surface area contributed by atoms with Crippen molar-refractivity contribution in [2.24, 2.45) is 0 Å². The number of rotatable bonds is 5. The smallest absolute Gasteiger partial charge is 0.359 e. The summed E-state index contributed by atoms with van der Waals surface area (Å²) in [4.78, 5) is 23.0. The Labute approximate surface area is 110 Å². The molecule has 1 aromatic rings. The summed E-state index contributed by atoms with van der Waals surface area (Å²) in [5, 5.41) is 14.6. The van der Waals surface area contributed by atoms with Crippen LogP contribution in [0.5, 0.6) is 0 Å². The third-order valence-electron chi connectivity index (χ3n) is 2.37. The topological polar surface area (TPSA) is 123 Å². The number of anilines is 1. The minimum Gasteiger partial charge on any atom is -0.451 e. The number of carbonyl (C=O) groups is 2. The molecular weight excluding hydrogens is 250 g/mol. The van der Waals surface area contributed by atoms with E-state index in [4.69, 9.17) is 15.7 Å². The second-order valence-corrected chi connectivity index (χ2v) is 3.67. The number of ether oxygens (including phenoxy) is 1. The predicted octanol–water partition coefficient (Wildman–Crippen LogP) is -0.410. The van der Waals surface area contributed by atoms with Crippen LogP contribution in [0, 0.1) is 18.3 Å². The van der Waals surface area contributed by atoms with Crippen molar-refractivity contribution in [2.75, 3.05) is 18.9 Å². The Morgan fingerprint density at radius 1 is 1.58 bits per heavy atom. The van der Waals surface area contributed by atoms with Crippen LogP contribution in [-0.4, -0.2) is 34.8 Å². The lowest BCUT2D eigenvalue weighted by atomic mass is 10.3. The van der Waals surface area contributed by atoms with E-state index >= 15 is 0 Å². The summed E-state index contributed by atoms with van der Waals surface area (Å²) in [6.45, 7) is 3.35. The highest BCUT2D eigenvalue weighted by atomic mass is 16.5. The SMILES string of the molecule is CCn1nc(C)c(N)c1C(=O)OCC(=O)NCC#N. The van der Waals surface area contributed by atoms with Gasteiger partial charge in [0, 0.05) is 6.54 Å². The summed E-state index contributed by atoms with van der Waals surface area (Å²) < 4.78 is 6.24. The van der Waals surface area contributed by atoms with Crippen LogP contribution in [0.15, 0.2) is 0 Å². The number of nitriles is 1. The van der Waals surface area contributed by atoms with Crippen molar-refractivity contribution in [2.45, 2.75) is 20.4 Å². The average Bonchev–Trinajstić information content (AvgIpc) is 2.69. The summed E-state index contributed by atoms with van der Waals surface area (Å²) in [5.74, 6) is -1.26. The summed E-state index contributed by atoms with van der Waals surface area (Å²) >= 11 is 0. The van der Waals surface area contributed by atoms with Gasteiger partial charge in [-0.05, 0) is 13.8 Å². The Morgan fingerprint density at radius 2 is 2.26 bits per heavy atom. The van der Waals surface area contributed by atoms with E-state index in [0.29, 0.717) is 12.2 Å². The second kappa shape index (κ2) is 6.39. The number of esters is 1. The number of hydrogen-bond acceptors (Lipinski definition) is 6. The van der Waals surface area contributed by atoms with E-state index in [1.54, 1.807) is 13.0 Å². The van der Waals surface area contributed by atoms with Gasteiger partial charge >= 0.3 is 5.97 Å². The molecule has 0 saturated carbocycles. The molecule has 8 nitrogen and oxygen atoms in total. The molecule has 3 N–H and O–H groups in total. The Kier molecular flexibility index (Phi) is 4.88. The van der Waals surface area contributed by atoms with Gasteiger partial charge in [0.05, 0.1) is 17.5 Å². The van der Waals surface area contributed by atoms with E-state index in [9.17, 15) is 9.59 Å². The highest BCUT2D eigenvalue weighted by Crippen LogP contribution is 2.17. The predicted molar refractivity (Wildman–Crippen MR) is 66.0 cm³/mol. The molecule has 0 unspecified atom stereocenters. The van der Waals surface area contributed by atoms with Crippen molar-refractivity contribution in [3.05, 3.63) is 11.4 Å². The molecule has 19 heavy (non-hydrogen) atoms. The Hall–Kier alpha value is -2.56. The number of aromatic nitrogens is 2. The van der Waals surface area contributed by atoms with Gasteiger partial charge in [-0.2, -0.15) is 10.4 Å². The zero-order chi connectivity index (χ0) is 14.4. The molecule has 0 aliphatic carbocycles. The van der Waals surface area contributed by atoms with Crippen LogP contribution in [0.1, 0.15) is 23.1 Å². The van der Waals surface area contributed by atoms with Crippen LogP contribution in [0.25, 0.3) is 0 Å². The highest BCUT2D eigenvalue weighted by Gasteiger charge is 2.21. The van der Waals surface area contributed by atoms with E-state index < -0.39 is 18.5 Å². The number of nitrogens with one attached hydrogen (secondary N) is 1. The molecule has 1 heterocycles. The summed E-state index contributed by atoms with van der Waals surface area (Å²) in [5.41, 5.74) is 6.64. The number of nitrogens with zero attached hydrogens (tertiary/aromatic N) is 3. The molecule has 1 amide bonds. The van der Waals surface area contributed by atoms with Gasteiger partial charge in [0.1, 0.15) is 6.54 Å². The Balaban J connectivity index is 2.69. The highest BCUT2D eigenvalue weighted by molar-refractivity contribution is 5.95. The molecule has 0 fully saturated rings. The molecule has 0 aromatic carbocycles. The van der Waals surface area contributed by atoms with Gasteiger partial charge in [-0.1, -0.05) is 0 Å². The largest absolute Gasteiger partial charge is 0.451 e. The number of hydrogen-bond donors (Lipinski definition) is 2. The zero-order valence-corrected chi connectivity index (χ0v) is 10.8. The molecule has 0 aliphatic rings. The van der Waals surface area contributed by atoms with Gasteiger partial charge < -0.3 is 15.8 Å². The molecule has 0 atom stereocenters. The van der Waals surface area contributed by atoms with Gasteiger partial charge in [0.25, 0.3) is 5.91 Å². The fourth-order valence-corrected chi connectivity index (χ4v) is 1.43. The minimum absolute atomic E-state index is 0.132. The molecular formula is C11H15N5O3. The lowest BCUT2D eigenvalue weighted by Gasteiger charge is -2.06. The first kappa shape index (κ1) is 14.5. The summed E-state index contributed by atoms with van der Waals surface area (Å²) in [6, 6.07) is 1.74. The first-order valence-electron chi connectivity index (χ1n) is 5.64. The molecule has 1 rings (SSSR count). The van der Waals surface area contributed by atoms with Crippen LogP contribution in [-0.2, 0) is 16.1 Å². The van der Waals surface area contributed by atoms with Crippen LogP contribution < -0.4 is 11.1 Å². The van der Waals surface area contributed by atoms with Gasteiger partial charge in [-0.25, -0.2) is 4.79 Å². The number of carbonyl (C=O) groups excluding carboxylic acids is 2. The van der Waals surface area contributed by atoms with Crippen molar-refractivity contribution in [3.8, 4) is 6.07 Å². The maximum atomic E-state index is 11.8. The maximum Gasteiger partial charge on any atom is 0.359 e. The van der Waals surface area contributed by atoms with Gasteiger partial charge in [0.15, 0.2) is 12.3 Å². The van der Waals surface area contributed by atoms with Crippen molar-refractivity contribution >= 4 is 17.6 Å². The fourth-order valence-electron chi connectivity index (χ4n) is 1.43. The molecule has 8 heteroatoms. The van der Waals surface area contributed by atoms with E-state index in [0.717, 1.165) is 0 Å². The number of nitrogen functional groups attached to an aromatic ring is 1. The maximum absolute atomic E-state index is 11.8. The van der Waals surface area contributed by atoms with Gasteiger partial charge in [-0.15, -0.1) is 0 Å². The first-order valence-corrected chi connectivity index (χ1v) is 5.64. The van der Waals surface area contributed by atoms with Crippen molar-refractivity contribution in [1.82, 2.24) is 15.1 Å². The first-order chi connectivity index (χ1) is 9.01. The van der Waals surface area contributed by atoms with Crippen molar-refractivity contribution in [1.29, 1.82) is 5.26 Å². The summed E-state index contributed by atoms with van der Waals surface area (Å²) in [7, 11) is 0. The minimum atomic E-state index is -0.716. The quantitative estimate of drug-likeness (QED) is 0.551. The Morgan fingerprint density at radius 3 is 2.84 bits per heavy atom. The molecule has 0 bridgehead atoms. The molecule has 0 aliphatic heterocycles. The lowest BCUT2D eigenvalue weighted by molar-refractivity contribution is -0.124. The average molecular weight is 265 g/mol. The van der Waals surface area contributed by atoms with Crippen molar-refractivity contribution < 1.29 is 14.3 Å².